The molecule has 1 aromatic heterocycles. The normalized spacial score (nSPS) is 22.4. The summed E-state index contributed by atoms with van der Waals surface area (Å²) in [6.45, 7) is 9.51. The van der Waals surface area contributed by atoms with E-state index in [0.717, 1.165) is 17.7 Å². The quantitative estimate of drug-likeness (QED) is 0.669. The number of aromatic nitrogens is 1. The Morgan fingerprint density at radius 2 is 1.72 bits per heavy atom. The third kappa shape index (κ3) is 4.95. The molecule has 2 amide bonds. The Morgan fingerprint density at radius 3 is 2.31 bits per heavy atom. The largest absolute Gasteiger partial charge is 0.448 e. The SMILES string of the molecule is CC(C)(C)c1coc(C2CC(c3ccc(C(F)F)cc3)CN(C(=O)N3CCOCC3)C2)n1. The fraction of sp³-hybridized carbons (Fsp3) is 0.583. The minimum Gasteiger partial charge on any atom is -0.448 e. The number of oxazole rings is 1. The third-order valence-corrected chi connectivity index (χ3v) is 6.30. The summed E-state index contributed by atoms with van der Waals surface area (Å²) >= 11 is 0. The molecule has 4 rings (SSSR count). The minimum atomic E-state index is -2.49. The molecule has 32 heavy (non-hydrogen) atoms. The van der Waals surface area contributed by atoms with E-state index >= 15 is 0 Å². The number of carbonyl (C=O) groups is 1. The van der Waals surface area contributed by atoms with Gasteiger partial charge in [0.05, 0.1) is 24.8 Å². The van der Waals surface area contributed by atoms with Crippen molar-refractivity contribution in [2.75, 3.05) is 39.4 Å². The molecule has 2 unspecified atom stereocenters. The molecule has 174 valence electrons. The van der Waals surface area contributed by atoms with Crippen LogP contribution < -0.4 is 0 Å². The third-order valence-electron chi connectivity index (χ3n) is 6.30. The van der Waals surface area contributed by atoms with Gasteiger partial charge in [-0.2, -0.15) is 0 Å². The van der Waals surface area contributed by atoms with Gasteiger partial charge in [-0.05, 0) is 12.0 Å². The number of morpholine rings is 1. The minimum absolute atomic E-state index is 0.00452. The van der Waals surface area contributed by atoms with Crippen LogP contribution in [0.15, 0.2) is 34.9 Å². The standard InChI is InChI=1S/C24H31F2N3O3/c1-24(2,3)20-15-32-22(27-20)19-12-18(16-4-6-17(7-5-16)21(25)26)13-29(14-19)23(30)28-8-10-31-11-9-28/h4-7,15,18-19,21H,8-14H2,1-3H3. The molecule has 0 spiro atoms. The number of likely N-dealkylation sites (tertiary alicyclic amines) is 1. The smallest absolute Gasteiger partial charge is 0.320 e. The van der Waals surface area contributed by atoms with E-state index in [9.17, 15) is 13.6 Å². The molecule has 8 heteroatoms. The lowest BCUT2D eigenvalue weighted by Crippen LogP contribution is -2.52. The maximum atomic E-state index is 13.3. The van der Waals surface area contributed by atoms with Crippen molar-refractivity contribution in [3.8, 4) is 0 Å². The number of rotatable bonds is 3. The van der Waals surface area contributed by atoms with Gasteiger partial charge in [-0.1, -0.05) is 45.0 Å². The maximum Gasteiger partial charge on any atom is 0.320 e. The zero-order valence-electron chi connectivity index (χ0n) is 18.9. The zero-order chi connectivity index (χ0) is 22.9. The average molecular weight is 448 g/mol. The number of carbonyl (C=O) groups excluding carboxylic acids is 1. The van der Waals surface area contributed by atoms with E-state index < -0.39 is 6.43 Å². The molecule has 2 aliphatic rings. The molecule has 2 aromatic rings. The summed E-state index contributed by atoms with van der Waals surface area (Å²) in [6.07, 6.45) is -0.0547. The summed E-state index contributed by atoms with van der Waals surface area (Å²) in [5.41, 5.74) is 1.69. The molecule has 0 aliphatic carbocycles. The number of amides is 2. The Labute approximate surface area is 187 Å². The van der Waals surface area contributed by atoms with E-state index in [1.807, 2.05) is 9.80 Å². The molecule has 3 heterocycles. The second-order valence-electron chi connectivity index (χ2n) is 9.70. The highest BCUT2D eigenvalue weighted by Crippen LogP contribution is 2.37. The Kier molecular flexibility index (Phi) is 6.51. The predicted molar refractivity (Wildman–Crippen MR) is 116 cm³/mol. The maximum absolute atomic E-state index is 13.3. The van der Waals surface area contributed by atoms with Crippen LogP contribution in [0.4, 0.5) is 13.6 Å². The first kappa shape index (κ1) is 22.7. The second-order valence-corrected chi connectivity index (χ2v) is 9.70. The summed E-state index contributed by atoms with van der Waals surface area (Å²) in [7, 11) is 0. The lowest BCUT2D eigenvalue weighted by atomic mass is 9.84. The lowest BCUT2D eigenvalue weighted by Gasteiger charge is -2.40. The number of hydrogen-bond donors (Lipinski definition) is 0. The lowest BCUT2D eigenvalue weighted by molar-refractivity contribution is 0.0393. The highest BCUT2D eigenvalue weighted by molar-refractivity contribution is 5.75. The highest BCUT2D eigenvalue weighted by atomic mass is 19.3. The molecule has 0 radical (unpaired) electrons. The number of piperidine rings is 1. The summed E-state index contributed by atoms with van der Waals surface area (Å²) in [6, 6.07) is 6.43. The van der Waals surface area contributed by atoms with Gasteiger partial charge in [0.2, 0.25) is 0 Å². The van der Waals surface area contributed by atoms with Crippen LogP contribution in [-0.4, -0.2) is 60.2 Å². The van der Waals surface area contributed by atoms with Crippen molar-refractivity contribution in [1.29, 1.82) is 0 Å². The predicted octanol–water partition coefficient (Wildman–Crippen LogP) is 4.94. The average Bonchev–Trinajstić information content (AvgIpc) is 3.30. The van der Waals surface area contributed by atoms with Crippen molar-refractivity contribution in [3.63, 3.8) is 0 Å². The molecule has 2 saturated heterocycles. The van der Waals surface area contributed by atoms with Crippen LogP contribution in [0.5, 0.6) is 0 Å². The van der Waals surface area contributed by atoms with Gasteiger partial charge in [0, 0.05) is 43.1 Å². The summed E-state index contributed by atoms with van der Waals surface area (Å²) < 4.78 is 37.3. The van der Waals surface area contributed by atoms with Crippen molar-refractivity contribution >= 4 is 6.03 Å². The Hall–Kier alpha value is -2.48. The van der Waals surface area contributed by atoms with Crippen molar-refractivity contribution in [1.82, 2.24) is 14.8 Å². The van der Waals surface area contributed by atoms with Crippen LogP contribution in [0.25, 0.3) is 0 Å². The van der Waals surface area contributed by atoms with E-state index in [1.165, 1.54) is 12.1 Å². The number of alkyl halides is 2. The Bertz CT molecular complexity index is 917. The van der Waals surface area contributed by atoms with Gasteiger partial charge >= 0.3 is 6.03 Å². The first-order valence-electron chi connectivity index (χ1n) is 11.2. The van der Waals surface area contributed by atoms with Gasteiger partial charge in [-0.15, -0.1) is 0 Å². The van der Waals surface area contributed by atoms with E-state index in [1.54, 1.807) is 18.4 Å². The van der Waals surface area contributed by atoms with Crippen LogP contribution in [0, 0.1) is 0 Å². The fourth-order valence-corrected chi connectivity index (χ4v) is 4.36. The summed E-state index contributed by atoms with van der Waals surface area (Å²) in [5.74, 6) is 0.573. The molecular formula is C24H31F2N3O3. The van der Waals surface area contributed by atoms with Gasteiger partial charge in [-0.3, -0.25) is 0 Å². The van der Waals surface area contributed by atoms with Crippen LogP contribution in [0.2, 0.25) is 0 Å². The molecule has 0 saturated carbocycles. The molecule has 2 atom stereocenters. The van der Waals surface area contributed by atoms with Gasteiger partial charge in [0.1, 0.15) is 6.26 Å². The number of hydrogen-bond acceptors (Lipinski definition) is 4. The molecule has 1 aromatic carbocycles. The summed E-state index contributed by atoms with van der Waals surface area (Å²) in [5, 5.41) is 0. The van der Waals surface area contributed by atoms with Crippen molar-refractivity contribution in [3.05, 3.63) is 53.2 Å². The number of benzene rings is 1. The molecular weight excluding hydrogens is 416 g/mol. The molecule has 0 bridgehead atoms. The van der Waals surface area contributed by atoms with E-state index in [2.05, 4.69) is 20.8 Å². The summed E-state index contributed by atoms with van der Waals surface area (Å²) in [4.78, 5) is 21.7. The van der Waals surface area contributed by atoms with Crippen LogP contribution in [0.1, 0.15) is 68.2 Å². The number of nitrogens with zero attached hydrogens (tertiary/aromatic N) is 3. The van der Waals surface area contributed by atoms with Gasteiger partial charge in [-0.25, -0.2) is 18.6 Å². The van der Waals surface area contributed by atoms with Gasteiger partial charge in [0.15, 0.2) is 5.89 Å². The number of halogens is 2. The van der Waals surface area contributed by atoms with Crippen LogP contribution >= 0.6 is 0 Å². The Balaban J connectivity index is 1.59. The van der Waals surface area contributed by atoms with Crippen LogP contribution in [-0.2, 0) is 10.2 Å². The van der Waals surface area contributed by atoms with Crippen molar-refractivity contribution in [2.45, 2.75) is 50.9 Å². The number of urea groups is 1. The molecule has 0 N–H and O–H groups in total. The topological polar surface area (TPSA) is 58.8 Å². The molecule has 2 aliphatic heterocycles. The zero-order valence-corrected chi connectivity index (χ0v) is 18.9. The molecule has 6 nitrogen and oxygen atoms in total. The number of ether oxygens (including phenoxy) is 1. The van der Waals surface area contributed by atoms with Crippen molar-refractivity contribution in [2.24, 2.45) is 0 Å². The highest BCUT2D eigenvalue weighted by Gasteiger charge is 2.36. The van der Waals surface area contributed by atoms with Gasteiger partial charge in [0.25, 0.3) is 6.43 Å². The van der Waals surface area contributed by atoms with Gasteiger partial charge < -0.3 is 19.0 Å². The van der Waals surface area contributed by atoms with E-state index in [0.29, 0.717) is 45.3 Å². The monoisotopic (exact) mass is 447 g/mol. The molecule has 2 fully saturated rings. The van der Waals surface area contributed by atoms with E-state index in [-0.39, 0.29) is 28.8 Å². The Morgan fingerprint density at radius 1 is 1.06 bits per heavy atom. The first-order valence-corrected chi connectivity index (χ1v) is 11.2. The first-order chi connectivity index (χ1) is 15.2. The van der Waals surface area contributed by atoms with Crippen LogP contribution in [0.3, 0.4) is 0 Å². The van der Waals surface area contributed by atoms with E-state index in [4.69, 9.17) is 14.1 Å². The second kappa shape index (κ2) is 9.17. The fourth-order valence-electron chi connectivity index (χ4n) is 4.36. The van der Waals surface area contributed by atoms with Crippen molar-refractivity contribution < 1.29 is 22.7 Å².